The van der Waals surface area contributed by atoms with Crippen molar-refractivity contribution >= 4 is 50.2 Å². The summed E-state index contributed by atoms with van der Waals surface area (Å²) >= 11 is 2.23. The number of hydrogen-bond donors (Lipinski definition) is 1. The molecule has 30 heavy (non-hydrogen) atoms. The molecule has 0 aromatic heterocycles. The average molecular weight is 531 g/mol. The number of amides is 2. The molecular weight excluding hydrogens is 513 g/mol. The number of rotatable bonds is 3. The fourth-order valence-electron chi connectivity index (χ4n) is 3.23. The lowest BCUT2D eigenvalue weighted by Crippen LogP contribution is -2.31. The van der Waals surface area contributed by atoms with Crippen molar-refractivity contribution in [2.24, 2.45) is 4.99 Å². The van der Waals surface area contributed by atoms with E-state index in [1.807, 2.05) is 65.1 Å². The number of amidine groups is 1. The van der Waals surface area contributed by atoms with Crippen LogP contribution in [0.15, 0.2) is 82.7 Å². The van der Waals surface area contributed by atoms with E-state index in [4.69, 9.17) is 0 Å². The quantitative estimate of drug-likeness (QED) is 0.507. The predicted molar refractivity (Wildman–Crippen MR) is 125 cm³/mol. The lowest BCUT2D eigenvalue weighted by Gasteiger charge is -2.19. The Bertz CT molecular complexity index is 1240. The average Bonchev–Trinajstić information content (AvgIpc) is 3.07. The number of hydrogen-bond acceptors (Lipinski definition) is 3. The molecule has 6 nitrogen and oxygen atoms in total. The van der Waals surface area contributed by atoms with E-state index in [0.717, 1.165) is 25.9 Å². The molecule has 2 amide bonds. The first-order valence-electron chi connectivity index (χ1n) is 9.17. The van der Waals surface area contributed by atoms with Crippen LogP contribution in [0.2, 0.25) is 0 Å². The molecule has 4 rings (SSSR count). The number of carbonyl (C=O) groups excluding carboxylic acids is 1. The van der Waals surface area contributed by atoms with Gasteiger partial charge in [0.05, 0.1) is 11.4 Å². The summed E-state index contributed by atoms with van der Waals surface area (Å²) in [6, 6.07) is 20.8. The highest BCUT2D eigenvalue weighted by atomic mass is 127. The van der Waals surface area contributed by atoms with Crippen LogP contribution in [-0.2, 0) is 16.6 Å². The van der Waals surface area contributed by atoms with Crippen LogP contribution in [-0.4, -0.2) is 20.3 Å². The normalized spacial score (nSPS) is 14.6. The number of sulfonamides is 1. The molecular formula is C22H18IN3O3S. The van der Waals surface area contributed by atoms with Crippen LogP contribution in [0.25, 0.3) is 0 Å². The summed E-state index contributed by atoms with van der Waals surface area (Å²) in [7, 11) is -4.01. The summed E-state index contributed by atoms with van der Waals surface area (Å²) in [5.41, 5.74) is 3.62. The molecule has 8 heteroatoms. The smallest absolute Gasteiger partial charge is 0.321 e. The minimum Gasteiger partial charge on any atom is -0.321 e. The zero-order valence-electron chi connectivity index (χ0n) is 16.0. The Balaban J connectivity index is 1.67. The SMILES string of the molecule is Cc1ccc(S(=O)(=O)NC(=O)/N=C2/c3ccccc3CN2c2ccc(I)cc2)cc1. The maximum absolute atomic E-state index is 12.6. The third kappa shape index (κ3) is 4.24. The Morgan fingerprint density at radius 3 is 2.37 bits per heavy atom. The van der Waals surface area contributed by atoms with Crippen molar-refractivity contribution in [3.05, 3.63) is 93.1 Å². The fraction of sp³-hybridized carbons (Fsp3) is 0.0909. The second-order valence-electron chi connectivity index (χ2n) is 6.88. The standard InChI is InChI=1S/C22H18IN3O3S/c1-15-6-12-19(13-7-15)30(28,29)25-22(27)24-21-20-5-3-2-4-16(20)14-26(21)18-10-8-17(23)9-11-18/h2-13H,14H2,1H3,(H,25,27)/b24-21-. The molecule has 0 saturated carbocycles. The molecule has 0 saturated heterocycles. The first kappa shape index (κ1) is 20.5. The summed E-state index contributed by atoms with van der Waals surface area (Å²) in [6.45, 7) is 2.41. The molecule has 0 fully saturated rings. The summed E-state index contributed by atoms with van der Waals surface area (Å²) in [5.74, 6) is 0.420. The molecule has 0 atom stereocenters. The van der Waals surface area contributed by atoms with Crippen LogP contribution in [0.5, 0.6) is 0 Å². The van der Waals surface area contributed by atoms with Crippen LogP contribution in [0.3, 0.4) is 0 Å². The first-order chi connectivity index (χ1) is 14.3. The lowest BCUT2D eigenvalue weighted by molar-refractivity contribution is 0.254. The second kappa shape index (κ2) is 8.19. The van der Waals surface area contributed by atoms with E-state index >= 15 is 0 Å². The molecule has 1 N–H and O–H groups in total. The molecule has 0 unspecified atom stereocenters. The number of benzene rings is 3. The lowest BCUT2D eigenvalue weighted by atomic mass is 10.1. The summed E-state index contributed by atoms with van der Waals surface area (Å²) in [5, 5.41) is 0. The van der Waals surface area contributed by atoms with Crippen molar-refractivity contribution in [2.75, 3.05) is 4.90 Å². The van der Waals surface area contributed by atoms with Gasteiger partial charge >= 0.3 is 6.03 Å². The van der Waals surface area contributed by atoms with Gasteiger partial charge in [-0.25, -0.2) is 17.9 Å². The monoisotopic (exact) mass is 531 g/mol. The summed E-state index contributed by atoms with van der Waals surface area (Å²) in [6.07, 6.45) is 0. The number of fused-ring (bicyclic) bond motifs is 1. The van der Waals surface area contributed by atoms with E-state index in [2.05, 4.69) is 27.6 Å². The van der Waals surface area contributed by atoms with Gasteiger partial charge in [-0.15, -0.1) is 0 Å². The molecule has 3 aromatic carbocycles. The van der Waals surface area contributed by atoms with Gasteiger partial charge in [-0.3, -0.25) is 0 Å². The number of halogens is 1. The Morgan fingerprint density at radius 1 is 1.00 bits per heavy atom. The van der Waals surface area contributed by atoms with E-state index in [1.165, 1.54) is 12.1 Å². The Hall–Kier alpha value is -2.72. The minimum atomic E-state index is -4.01. The number of aliphatic imine (C=N–C) groups is 1. The van der Waals surface area contributed by atoms with Crippen molar-refractivity contribution in [3.63, 3.8) is 0 Å². The van der Waals surface area contributed by atoms with Gasteiger partial charge in [0.1, 0.15) is 5.84 Å². The third-order valence-electron chi connectivity index (χ3n) is 4.74. The van der Waals surface area contributed by atoms with Gasteiger partial charge < -0.3 is 4.90 Å². The van der Waals surface area contributed by atoms with Crippen molar-refractivity contribution in [2.45, 2.75) is 18.4 Å². The van der Waals surface area contributed by atoms with E-state index in [-0.39, 0.29) is 4.90 Å². The Labute approximate surface area is 188 Å². The second-order valence-corrected chi connectivity index (χ2v) is 9.81. The molecule has 1 aliphatic heterocycles. The van der Waals surface area contributed by atoms with Gasteiger partial charge in [-0.2, -0.15) is 4.99 Å². The van der Waals surface area contributed by atoms with Gasteiger partial charge in [0, 0.05) is 14.8 Å². The van der Waals surface area contributed by atoms with E-state index < -0.39 is 16.1 Å². The maximum Gasteiger partial charge on any atom is 0.356 e. The molecule has 3 aromatic rings. The minimum absolute atomic E-state index is 0.0166. The zero-order valence-corrected chi connectivity index (χ0v) is 19.0. The van der Waals surface area contributed by atoms with Crippen molar-refractivity contribution < 1.29 is 13.2 Å². The number of nitrogens with one attached hydrogen (secondary N) is 1. The van der Waals surface area contributed by atoms with Crippen molar-refractivity contribution in [1.29, 1.82) is 0 Å². The molecule has 0 aliphatic carbocycles. The van der Waals surface area contributed by atoms with Crippen LogP contribution in [0, 0.1) is 10.5 Å². The van der Waals surface area contributed by atoms with Crippen LogP contribution in [0.4, 0.5) is 10.5 Å². The zero-order chi connectivity index (χ0) is 21.3. The van der Waals surface area contributed by atoms with Gasteiger partial charge in [-0.1, -0.05) is 42.0 Å². The molecule has 0 radical (unpaired) electrons. The van der Waals surface area contributed by atoms with Gasteiger partial charge in [0.25, 0.3) is 10.0 Å². The summed E-state index contributed by atoms with van der Waals surface area (Å²) < 4.78 is 28.2. The first-order valence-corrected chi connectivity index (χ1v) is 11.7. The third-order valence-corrected chi connectivity index (χ3v) is 6.80. The molecule has 1 heterocycles. The van der Waals surface area contributed by atoms with E-state index in [9.17, 15) is 13.2 Å². The highest BCUT2D eigenvalue weighted by molar-refractivity contribution is 14.1. The van der Waals surface area contributed by atoms with Crippen molar-refractivity contribution in [1.82, 2.24) is 4.72 Å². The topological polar surface area (TPSA) is 78.8 Å². The Kier molecular flexibility index (Phi) is 5.61. The molecule has 1 aliphatic rings. The van der Waals surface area contributed by atoms with Crippen molar-refractivity contribution in [3.8, 4) is 0 Å². The number of nitrogens with zero attached hydrogens (tertiary/aromatic N) is 2. The van der Waals surface area contributed by atoms with Crippen LogP contribution in [0.1, 0.15) is 16.7 Å². The molecule has 0 bridgehead atoms. The number of anilines is 1. The molecule has 0 spiro atoms. The van der Waals surface area contributed by atoms with E-state index in [1.54, 1.807) is 12.1 Å². The maximum atomic E-state index is 12.6. The fourth-order valence-corrected chi connectivity index (χ4v) is 4.48. The van der Waals surface area contributed by atoms with Gasteiger partial charge in [0.15, 0.2) is 0 Å². The highest BCUT2D eigenvalue weighted by Crippen LogP contribution is 2.29. The largest absolute Gasteiger partial charge is 0.356 e. The highest BCUT2D eigenvalue weighted by Gasteiger charge is 2.28. The van der Waals surface area contributed by atoms with E-state index in [0.29, 0.717) is 12.4 Å². The number of urea groups is 1. The summed E-state index contributed by atoms with van der Waals surface area (Å²) in [4.78, 5) is 18.6. The predicted octanol–water partition coefficient (Wildman–Crippen LogP) is 4.46. The molecule has 152 valence electrons. The number of aryl methyl sites for hydroxylation is 1. The van der Waals surface area contributed by atoms with Crippen LogP contribution >= 0.6 is 22.6 Å². The number of carbonyl (C=O) groups is 1. The van der Waals surface area contributed by atoms with Gasteiger partial charge in [0.2, 0.25) is 0 Å². The van der Waals surface area contributed by atoms with Gasteiger partial charge in [-0.05, 0) is 71.5 Å². The Morgan fingerprint density at radius 2 is 1.67 bits per heavy atom. The van der Waals surface area contributed by atoms with Crippen LogP contribution < -0.4 is 9.62 Å².